The van der Waals surface area contributed by atoms with Crippen molar-refractivity contribution in [1.29, 1.82) is 0 Å². The Morgan fingerprint density at radius 3 is 2.25 bits per heavy atom. The number of hydrogen-bond donors (Lipinski definition) is 1. The Morgan fingerprint density at radius 1 is 1.00 bits per heavy atom. The summed E-state index contributed by atoms with van der Waals surface area (Å²) < 4.78 is 53.9. The van der Waals surface area contributed by atoms with Gasteiger partial charge in [-0.1, -0.05) is 30.3 Å². The van der Waals surface area contributed by atoms with Crippen LogP contribution in [0.3, 0.4) is 0 Å². The quantitative estimate of drug-likeness (QED) is 0.799. The molecular formula is C20H22F2N2O3S. The van der Waals surface area contributed by atoms with Crippen LogP contribution in [0, 0.1) is 17.6 Å². The molecule has 0 bridgehead atoms. The molecule has 0 spiro atoms. The summed E-state index contributed by atoms with van der Waals surface area (Å²) in [6, 6.07) is 11.7. The van der Waals surface area contributed by atoms with E-state index in [1.165, 1.54) is 28.6 Å². The van der Waals surface area contributed by atoms with E-state index in [0.29, 0.717) is 31.4 Å². The SMILES string of the molecule is O=C(NCCc1ccccc1F)C1CCN(S(=O)(=O)c2ccccc2F)CC1. The Kier molecular flexibility index (Phi) is 6.41. The number of hydrogen-bond acceptors (Lipinski definition) is 3. The molecule has 1 aliphatic heterocycles. The first kappa shape index (κ1) is 20.4. The van der Waals surface area contributed by atoms with Crippen molar-refractivity contribution in [2.24, 2.45) is 5.92 Å². The summed E-state index contributed by atoms with van der Waals surface area (Å²) in [6.45, 7) is 0.623. The maximum atomic E-state index is 13.9. The number of piperidine rings is 1. The van der Waals surface area contributed by atoms with Crippen molar-refractivity contribution < 1.29 is 22.0 Å². The Balaban J connectivity index is 1.51. The van der Waals surface area contributed by atoms with Gasteiger partial charge in [-0.15, -0.1) is 0 Å². The maximum absolute atomic E-state index is 13.9. The molecule has 0 unspecified atom stereocenters. The van der Waals surface area contributed by atoms with Crippen molar-refractivity contribution in [2.45, 2.75) is 24.2 Å². The zero-order valence-electron chi connectivity index (χ0n) is 15.3. The molecule has 1 heterocycles. The van der Waals surface area contributed by atoms with E-state index in [1.54, 1.807) is 18.2 Å². The fourth-order valence-corrected chi connectivity index (χ4v) is 4.85. The van der Waals surface area contributed by atoms with Crippen molar-refractivity contribution in [1.82, 2.24) is 9.62 Å². The topological polar surface area (TPSA) is 66.5 Å². The number of sulfonamides is 1. The van der Waals surface area contributed by atoms with Crippen LogP contribution in [0.5, 0.6) is 0 Å². The molecule has 0 radical (unpaired) electrons. The number of rotatable bonds is 6. The van der Waals surface area contributed by atoms with Gasteiger partial charge in [0, 0.05) is 25.6 Å². The van der Waals surface area contributed by atoms with Crippen LogP contribution in [0.25, 0.3) is 0 Å². The largest absolute Gasteiger partial charge is 0.356 e. The average molecular weight is 408 g/mol. The van der Waals surface area contributed by atoms with E-state index in [2.05, 4.69) is 5.32 Å². The van der Waals surface area contributed by atoms with Crippen LogP contribution in [-0.4, -0.2) is 38.3 Å². The lowest BCUT2D eigenvalue weighted by atomic mass is 9.97. The van der Waals surface area contributed by atoms with Crippen LogP contribution >= 0.6 is 0 Å². The van der Waals surface area contributed by atoms with Gasteiger partial charge in [-0.2, -0.15) is 4.31 Å². The Hall–Kier alpha value is -2.32. The molecule has 1 aliphatic rings. The second-order valence-electron chi connectivity index (χ2n) is 6.74. The van der Waals surface area contributed by atoms with Gasteiger partial charge in [0.05, 0.1) is 0 Å². The number of halogens is 2. The molecule has 0 atom stereocenters. The number of carbonyl (C=O) groups is 1. The Bertz CT molecular complexity index is 942. The minimum absolute atomic E-state index is 0.155. The van der Waals surface area contributed by atoms with Crippen LogP contribution in [-0.2, 0) is 21.2 Å². The fourth-order valence-electron chi connectivity index (χ4n) is 3.32. The summed E-state index contributed by atoms with van der Waals surface area (Å²) >= 11 is 0. The first-order chi connectivity index (χ1) is 13.4. The third-order valence-electron chi connectivity index (χ3n) is 4.93. The van der Waals surface area contributed by atoms with Crippen molar-refractivity contribution in [3.63, 3.8) is 0 Å². The highest BCUT2D eigenvalue weighted by Gasteiger charge is 2.33. The molecule has 2 aromatic rings. The Morgan fingerprint density at radius 2 is 1.61 bits per heavy atom. The van der Waals surface area contributed by atoms with E-state index in [1.807, 2.05) is 0 Å². The monoisotopic (exact) mass is 408 g/mol. The van der Waals surface area contributed by atoms with Gasteiger partial charge in [-0.3, -0.25) is 4.79 Å². The van der Waals surface area contributed by atoms with Crippen LogP contribution in [0.4, 0.5) is 8.78 Å². The van der Waals surface area contributed by atoms with E-state index in [0.717, 1.165) is 6.07 Å². The second kappa shape index (κ2) is 8.79. The summed E-state index contributed by atoms with van der Waals surface area (Å²) in [5.74, 6) is -1.56. The zero-order valence-corrected chi connectivity index (χ0v) is 16.1. The van der Waals surface area contributed by atoms with E-state index in [4.69, 9.17) is 0 Å². The van der Waals surface area contributed by atoms with Gasteiger partial charge in [-0.05, 0) is 43.0 Å². The summed E-state index contributed by atoms with van der Waals surface area (Å²) in [4.78, 5) is 12.0. The molecule has 0 aliphatic carbocycles. The number of benzene rings is 2. The molecule has 150 valence electrons. The van der Waals surface area contributed by atoms with Gasteiger partial charge >= 0.3 is 0 Å². The third kappa shape index (κ3) is 4.56. The van der Waals surface area contributed by atoms with Crippen molar-refractivity contribution in [3.8, 4) is 0 Å². The summed E-state index contributed by atoms with van der Waals surface area (Å²) in [5.41, 5.74) is 0.536. The zero-order chi connectivity index (χ0) is 20.1. The lowest BCUT2D eigenvalue weighted by Gasteiger charge is -2.30. The van der Waals surface area contributed by atoms with Crippen LogP contribution in [0.2, 0.25) is 0 Å². The van der Waals surface area contributed by atoms with Crippen LogP contribution < -0.4 is 5.32 Å². The molecule has 1 fully saturated rings. The molecule has 8 heteroatoms. The minimum Gasteiger partial charge on any atom is -0.356 e. The summed E-state index contributed by atoms with van der Waals surface area (Å²) in [7, 11) is -3.91. The van der Waals surface area contributed by atoms with Gasteiger partial charge in [0.15, 0.2) is 0 Å². The van der Waals surface area contributed by atoms with E-state index in [-0.39, 0.29) is 35.6 Å². The van der Waals surface area contributed by atoms with E-state index >= 15 is 0 Å². The molecule has 2 aromatic carbocycles. The number of amides is 1. The van der Waals surface area contributed by atoms with E-state index in [9.17, 15) is 22.0 Å². The fraction of sp³-hybridized carbons (Fsp3) is 0.350. The van der Waals surface area contributed by atoms with Crippen LogP contribution in [0.15, 0.2) is 53.4 Å². The van der Waals surface area contributed by atoms with Gasteiger partial charge in [0.25, 0.3) is 0 Å². The molecule has 0 saturated carbocycles. The lowest BCUT2D eigenvalue weighted by molar-refractivity contribution is -0.126. The molecule has 1 amide bonds. The molecule has 5 nitrogen and oxygen atoms in total. The lowest BCUT2D eigenvalue weighted by Crippen LogP contribution is -2.43. The summed E-state index contributed by atoms with van der Waals surface area (Å²) in [6.07, 6.45) is 1.11. The van der Waals surface area contributed by atoms with Gasteiger partial charge < -0.3 is 5.32 Å². The predicted octanol–water partition coefficient (Wildman–Crippen LogP) is 2.72. The molecule has 1 saturated heterocycles. The van der Waals surface area contributed by atoms with Crippen molar-refractivity contribution in [3.05, 3.63) is 65.7 Å². The number of nitrogens with one attached hydrogen (secondary N) is 1. The standard InChI is InChI=1S/C20H22F2N2O3S/c21-17-6-2-1-5-15(17)9-12-23-20(25)16-10-13-24(14-11-16)28(26,27)19-8-4-3-7-18(19)22/h1-8,16H,9-14H2,(H,23,25). The highest BCUT2D eigenvalue weighted by molar-refractivity contribution is 7.89. The van der Waals surface area contributed by atoms with Gasteiger partial charge in [0.2, 0.25) is 15.9 Å². The number of nitrogens with zero attached hydrogens (tertiary/aromatic N) is 1. The minimum atomic E-state index is -3.91. The van der Waals surface area contributed by atoms with E-state index < -0.39 is 15.8 Å². The van der Waals surface area contributed by atoms with Crippen LogP contribution in [0.1, 0.15) is 18.4 Å². The Labute approximate surface area is 163 Å². The molecule has 1 N–H and O–H groups in total. The molecular weight excluding hydrogens is 386 g/mol. The normalized spacial score (nSPS) is 16.1. The predicted molar refractivity (Wildman–Crippen MR) is 101 cm³/mol. The highest BCUT2D eigenvalue weighted by atomic mass is 32.2. The first-order valence-corrected chi connectivity index (χ1v) is 10.6. The second-order valence-corrected chi connectivity index (χ2v) is 8.65. The average Bonchev–Trinajstić information content (AvgIpc) is 2.69. The van der Waals surface area contributed by atoms with Gasteiger partial charge in [-0.25, -0.2) is 17.2 Å². The van der Waals surface area contributed by atoms with Crippen molar-refractivity contribution >= 4 is 15.9 Å². The van der Waals surface area contributed by atoms with Crippen molar-refractivity contribution in [2.75, 3.05) is 19.6 Å². The smallest absolute Gasteiger partial charge is 0.245 e. The first-order valence-electron chi connectivity index (χ1n) is 9.15. The molecule has 3 rings (SSSR count). The summed E-state index contributed by atoms with van der Waals surface area (Å²) in [5, 5.41) is 2.79. The molecule has 0 aromatic heterocycles. The number of carbonyl (C=O) groups excluding carboxylic acids is 1. The highest BCUT2D eigenvalue weighted by Crippen LogP contribution is 2.25. The third-order valence-corrected chi connectivity index (χ3v) is 6.86. The maximum Gasteiger partial charge on any atom is 0.245 e. The molecule has 28 heavy (non-hydrogen) atoms. The van der Waals surface area contributed by atoms with Gasteiger partial charge in [0.1, 0.15) is 16.5 Å².